The van der Waals surface area contributed by atoms with Gasteiger partial charge in [-0.15, -0.1) is 6.58 Å². The number of hydrogen-bond acceptors (Lipinski definition) is 3. The highest BCUT2D eigenvalue weighted by Crippen LogP contribution is 2.28. The summed E-state index contributed by atoms with van der Waals surface area (Å²) in [5.74, 6) is 0. The summed E-state index contributed by atoms with van der Waals surface area (Å²) in [5, 5.41) is 13.0. The Morgan fingerprint density at radius 1 is 1.33 bits per heavy atom. The van der Waals surface area contributed by atoms with Crippen LogP contribution in [0.3, 0.4) is 0 Å². The summed E-state index contributed by atoms with van der Waals surface area (Å²) < 4.78 is 0. The Hall–Kier alpha value is -1.48. The van der Waals surface area contributed by atoms with Gasteiger partial charge >= 0.3 is 0 Å². The van der Waals surface area contributed by atoms with Crippen molar-refractivity contribution < 1.29 is 5.11 Å². The summed E-state index contributed by atoms with van der Waals surface area (Å²) in [4.78, 5) is 2.35. The third-order valence-electron chi connectivity index (χ3n) is 3.37. The van der Waals surface area contributed by atoms with E-state index in [1.807, 2.05) is 6.08 Å². The zero-order valence-electron chi connectivity index (χ0n) is 10.8. The topological polar surface area (TPSA) is 35.5 Å². The monoisotopic (exact) mass is 246 g/mol. The lowest BCUT2D eigenvalue weighted by molar-refractivity contribution is 0.145. The van der Waals surface area contributed by atoms with Crippen molar-refractivity contribution in [3.63, 3.8) is 0 Å². The molecule has 1 fully saturated rings. The Morgan fingerprint density at radius 2 is 2.06 bits per heavy atom. The molecular weight excluding hydrogens is 224 g/mol. The predicted octanol–water partition coefficient (Wildman–Crippen LogP) is 2.64. The van der Waals surface area contributed by atoms with Crippen LogP contribution in [0.2, 0.25) is 0 Å². The highest BCUT2D eigenvalue weighted by Gasteiger charge is 2.18. The zero-order chi connectivity index (χ0) is 12.8. The fraction of sp³-hybridized carbons (Fsp3) is 0.467. The van der Waals surface area contributed by atoms with Crippen LogP contribution in [0.4, 0.5) is 11.4 Å². The van der Waals surface area contributed by atoms with Crippen LogP contribution in [0.15, 0.2) is 36.9 Å². The van der Waals surface area contributed by atoms with E-state index in [2.05, 4.69) is 41.1 Å². The van der Waals surface area contributed by atoms with Crippen LogP contribution < -0.4 is 10.2 Å². The van der Waals surface area contributed by atoms with Gasteiger partial charge in [0.1, 0.15) is 0 Å². The molecule has 0 radical (unpaired) electrons. The van der Waals surface area contributed by atoms with Crippen molar-refractivity contribution in [2.45, 2.75) is 25.4 Å². The molecular formula is C15H22N2O. The molecule has 2 N–H and O–H groups in total. The van der Waals surface area contributed by atoms with Crippen molar-refractivity contribution in [2.75, 3.05) is 29.9 Å². The van der Waals surface area contributed by atoms with E-state index in [4.69, 9.17) is 0 Å². The largest absolute Gasteiger partial charge is 0.393 e. The first-order valence-electron chi connectivity index (χ1n) is 6.68. The Labute approximate surface area is 109 Å². The predicted molar refractivity (Wildman–Crippen MR) is 77.2 cm³/mol. The van der Waals surface area contributed by atoms with E-state index in [-0.39, 0.29) is 6.10 Å². The van der Waals surface area contributed by atoms with Gasteiger partial charge in [-0.05, 0) is 31.4 Å². The molecule has 1 aliphatic heterocycles. The molecule has 98 valence electrons. The first kappa shape index (κ1) is 13.0. The maximum Gasteiger partial charge on any atom is 0.0602 e. The minimum Gasteiger partial charge on any atom is -0.393 e. The van der Waals surface area contributed by atoms with Gasteiger partial charge < -0.3 is 15.3 Å². The maximum absolute atomic E-state index is 9.56. The number of para-hydroxylation sites is 2. The molecule has 1 aromatic rings. The molecule has 1 heterocycles. The molecule has 0 saturated carbocycles. The lowest BCUT2D eigenvalue weighted by Crippen LogP contribution is -2.36. The van der Waals surface area contributed by atoms with Crippen molar-refractivity contribution in [3.8, 4) is 0 Å². The third-order valence-corrected chi connectivity index (χ3v) is 3.37. The number of piperidine rings is 1. The quantitative estimate of drug-likeness (QED) is 0.619. The summed E-state index contributed by atoms with van der Waals surface area (Å²) in [6.07, 6.45) is 4.49. The summed E-state index contributed by atoms with van der Waals surface area (Å²) >= 11 is 0. The van der Waals surface area contributed by atoms with E-state index in [0.717, 1.165) is 38.9 Å². The third kappa shape index (κ3) is 3.26. The molecule has 18 heavy (non-hydrogen) atoms. The van der Waals surface area contributed by atoms with Gasteiger partial charge in [0.05, 0.1) is 17.5 Å². The molecule has 2 rings (SSSR count). The molecule has 0 spiro atoms. The van der Waals surface area contributed by atoms with Crippen molar-refractivity contribution in [1.29, 1.82) is 0 Å². The highest BCUT2D eigenvalue weighted by atomic mass is 16.3. The summed E-state index contributed by atoms with van der Waals surface area (Å²) in [7, 11) is 0. The first-order chi connectivity index (χ1) is 8.81. The number of benzene rings is 1. The number of aliphatic hydroxyl groups excluding tert-OH is 1. The van der Waals surface area contributed by atoms with Gasteiger partial charge in [0.2, 0.25) is 0 Å². The van der Waals surface area contributed by atoms with Gasteiger partial charge in [-0.1, -0.05) is 18.2 Å². The Balaban J connectivity index is 2.04. The number of nitrogens with one attached hydrogen (secondary N) is 1. The molecule has 0 bridgehead atoms. The lowest BCUT2D eigenvalue weighted by atomic mass is 10.1. The lowest BCUT2D eigenvalue weighted by Gasteiger charge is -2.33. The summed E-state index contributed by atoms with van der Waals surface area (Å²) in [6, 6.07) is 8.38. The van der Waals surface area contributed by atoms with Gasteiger partial charge in [-0.25, -0.2) is 0 Å². The van der Waals surface area contributed by atoms with Crippen LogP contribution in [0.5, 0.6) is 0 Å². The molecule has 0 aliphatic carbocycles. The van der Waals surface area contributed by atoms with Crippen molar-refractivity contribution in [3.05, 3.63) is 36.9 Å². The molecule has 0 amide bonds. The number of nitrogens with zero attached hydrogens (tertiary/aromatic N) is 1. The number of anilines is 2. The van der Waals surface area contributed by atoms with Gasteiger partial charge in [0, 0.05) is 19.6 Å². The molecule has 3 heteroatoms. The molecule has 1 aliphatic rings. The van der Waals surface area contributed by atoms with Crippen LogP contribution in [0.1, 0.15) is 19.3 Å². The number of aliphatic hydroxyl groups is 1. The standard InChI is InChI=1S/C15H22N2O/c1-2-3-10-16-14-6-4-5-7-15(14)17-11-8-13(18)9-12-17/h2,4-7,13,16,18H,1,3,8-12H2. The van der Waals surface area contributed by atoms with E-state index in [1.165, 1.54) is 11.4 Å². The second-order valence-electron chi connectivity index (χ2n) is 4.74. The Morgan fingerprint density at radius 3 is 2.78 bits per heavy atom. The van der Waals surface area contributed by atoms with E-state index in [9.17, 15) is 5.11 Å². The maximum atomic E-state index is 9.56. The first-order valence-corrected chi connectivity index (χ1v) is 6.68. The Bertz CT molecular complexity index is 384. The highest BCUT2D eigenvalue weighted by molar-refractivity contribution is 5.70. The second kappa shape index (κ2) is 6.45. The van der Waals surface area contributed by atoms with Gasteiger partial charge in [0.25, 0.3) is 0 Å². The summed E-state index contributed by atoms with van der Waals surface area (Å²) in [6.45, 7) is 6.51. The van der Waals surface area contributed by atoms with Gasteiger partial charge in [-0.2, -0.15) is 0 Å². The number of rotatable bonds is 5. The molecule has 1 saturated heterocycles. The van der Waals surface area contributed by atoms with Crippen molar-refractivity contribution in [1.82, 2.24) is 0 Å². The van der Waals surface area contributed by atoms with Crippen LogP contribution >= 0.6 is 0 Å². The molecule has 0 unspecified atom stereocenters. The minimum atomic E-state index is -0.123. The van der Waals surface area contributed by atoms with Crippen molar-refractivity contribution in [2.24, 2.45) is 0 Å². The van der Waals surface area contributed by atoms with Crippen LogP contribution in [-0.2, 0) is 0 Å². The van der Waals surface area contributed by atoms with E-state index in [0.29, 0.717) is 0 Å². The second-order valence-corrected chi connectivity index (χ2v) is 4.74. The van der Waals surface area contributed by atoms with Crippen LogP contribution in [0, 0.1) is 0 Å². The smallest absolute Gasteiger partial charge is 0.0602 e. The average molecular weight is 246 g/mol. The van der Waals surface area contributed by atoms with Crippen LogP contribution in [-0.4, -0.2) is 30.8 Å². The summed E-state index contributed by atoms with van der Waals surface area (Å²) in [5.41, 5.74) is 2.42. The van der Waals surface area contributed by atoms with Crippen LogP contribution in [0.25, 0.3) is 0 Å². The SMILES string of the molecule is C=CCCNc1ccccc1N1CCC(O)CC1. The normalized spacial score (nSPS) is 16.6. The molecule has 3 nitrogen and oxygen atoms in total. The molecule has 1 aromatic carbocycles. The van der Waals surface area contributed by atoms with Gasteiger partial charge in [-0.3, -0.25) is 0 Å². The average Bonchev–Trinajstić information content (AvgIpc) is 2.41. The van der Waals surface area contributed by atoms with Gasteiger partial charge in [0.15, 0.2) is 0 Å². The van der Waals surface area contributed by atoms with E-state index in [1.54, 1.807) is 0 Å². The number of hydrogen-bond donors (Lipinski definition) is 2. The molecule has 0 aromatic heterocycles. The zero-order valence-corrected chi connectivity index (χ0v) is 10.8. The fourth-order valence-corrected chi connectivity index (χ4v) is 2.31. The Kier molecular flexibility index (Phi) is 4.65. The fourth-order valence-electron chi connectivity index (χ4n) is 2.31. The van der Waals surface area contributed by atoms with E-state index < -0.39 is 0 Å². The van der Waals surface area contributed by atoms with Crippen molar-refractivity contribution >= 4 is 11.4 Å². The van der Waals surface area contributed by atoms with E-state index >= 15 is 0 Å². The minimum absolute atomic E-state index is 0.123. The molecule has 0 atom stereocenters.